The maximum Gasteiger partial charge on any atom is 0.176 e. The van der Waals surface area contributed by atoms with Gasteiger partial charge in [0.1, 0.15) is 0 Å². The smallest absolute Gasteiger partial charge is 0.176 e. The number of carbonyl (C=O) groups excluding carboxylic acids is 1. The molecule has 4 heteroatoms. The number of hydrogen-bond donors (Lipinski definition) is 1. The fourth-order valence-corrected chi connectivity index (χ4v) is 2.62. The van der Waals surface area contributed by atoms with Crippen LogP contribution in [-0.2, 0) is 0 Å². The zero-order valence-corrected chi connectivity index (χ0v) is 12.0. The standard InChI is InChI=1S/C15H20ClNO2/c1-15(19)6-3-8-17(9-7-15)11-14(18)12-4-2-5-13(16)10-12/h2,4-5,10,19H,3,6-9,11H2,1H3. The largest absolute Gasteiger partial charge is 0.390 e. The van der Waals surface area contributed by atoms with Crippen LogP contribution >= 0.6 is 11.6 Å². The molecule has 3 nitrogen and oxygen atoms in total. The van der Waals surface area contributed by atoms with Crippen molar-refractivity contribution in [1.29, 1.82) is 0 Å². The summed E-state index contributed by atoms with van der Waals surface area (Å²) in [6.07, 6.45) is 2.44. The fraction of sp³-hybridized carbons (Fsp3) is 0.533. The van der Waals surface area contributed by atoms with E-state index in [4.69, 9.17) is 11.6 Å². The maximum absolute atomic E-state index is 12.2. The van der Waals surface area contributed by atoms with E-state index in [1.165, 1.54) is 0 Å². The molecule has 0 bridgehead atoms. The topological polar surface area (TPSA) is 40.5 Å². The van der Waals surface area contributed by atoms with Crippen LogP contribution < -0.4 is 0 Å². The second-order valence-electron chi connectivity index (χ2n) is 5.56. The van der Waals surface area contributed by atoms with Crippen molar-refractivity contribution in [1.82, 2.24) is 4.90 Å². The summed E-state index contributed by atoms with van der Waals surface area (Å²) < 4.78 is 0. The lowest BCUT2D eigenvalue weighted by Gasteiger charge is -2.21. The number of ketones is 1. The van der Waals surface area contributed by atoms with Gasteiger partial charge in [-0.25, -0.2) is 0 Å². The minimum absolute atomic E-state index is 0.0871. The number of benzene rings is 1. The first-order valence-electron chi connectivity index (χ1n) is 6.70. The number of halogens is 1. The second kappa shape index (κ2) is 6.04. The molecule has 1 N–H and O–H groups in total. The summed E-state index contributed by atoms with van der Waals surface area (Å²) in [5.74, 6) is 0.0871. The Morgan fingerprint density at radius 3 is 2.95 bits per heavy atom. The Morgan fingerprint density at radius 2 is 2.21 bits per heavy atom. The summed E-state index contributed by atoms with van der Waals surface area (Å²) in [4.78, 5) is 14.3. The normalized spacial score (nSPS) is 25.0. The van der Waals surface area contributed by atoms with E-state index in [0.29, 0.717) is 17.1 Å². The molecule has 1 atom stereocenters. The molecule has 0 aliphatic carbocycles. The van der Waals surface area contributed by atoms with E-state index in [1.807, 2.05) is 6.92 Å². The van der Waals surface area contributed by atoms with Crippen molar-refractivity contribution in [3.8, 4) is 0 Å². The summed E-state index contributed by atoms with van der Waals surface area (Å²) in [6, 6.07) is 7.06. The average Bonchev–Trinajstić information content (AvgIpc) is 2.51. The third-order valence-electron chi connectivity index (χ3n) is 3.67. The summed E-state index contributed by atoms with van der Waals surface area (Å²) in [6.45, 7) is 3.90. The van der Waals surface area contributed by atoms with Crippen molar-refractivity contribution >= 4 is 17.4 Å². The predicted molar refractivity (Wildman–Crippen MR) is 76.7 cm³/mol. The highest BCUT2D eigenvalue weighted by atomic mass is 35.5. The Labute approximate surface area is 119 Å². The van der Waals surface area contributed by atoms with Gasteiger partial charge in [-0.05, 0) is 44.9 Å². The molecule has 1 saturated heterocycles. The van der Waals surface area contributed by atoms with E-state index >= 15 is 0 Å². The first-order valence-corrected chi connectivity index (χ1v) is 7.08. The minimum atomic E-state index is -0.589. The molecule has 1 aromatic rings. The number of carbonyl (C=O) groups is 1. The van der Waals surface area contributed by atoms with E-state index in [-0.39, 0.29) is 5.78 Å². The Bertz CT molecular complexity index is 459. The average molecular weight is 282 g/mol. The van der Waals surface area contributed by atoms with Gasteiger partial charge in [0.25, 0.3) is 0 Å². The molecule has 1 aliphatic heterocycles. The molecule has 1 unspecified atom stereocenters. The Kier molecular flexibility index (Phi) is 4.61. The van der Waals surface area contributed by atoms with Crippen LogP contribution in [0.4, 0.5) is 0 Å². The van der Waals surface area contributed by atoms with Crippen LogP contribution in [0.2, 0.25) is 5.02 Å². The van der Waals surface area contributed by atoms with Gasteiger partial charge >= 0.3 is 0 Å². The second-order valence-corrected chi connectivity index (χ2v) is 6.00. The lowest BCUT2D eigenvalue weighted by Crippen LogP contribution is -2.32. The molecular formula is C15H20ClNO2. The zero-order chi connectivity index (χ0) is 13.9. The van der Waals surface area contributed by atoms with E-state index in [0.717, 1.165) is 32.4 Å². The third-order valence-corrected chi connectivity index (χ3v) is 3.91. The Hall–Kier alpha value is -0.900. The lowest BCUT2D eigenvalue weighted by molar-refractivity contribution is 0.0444. The van der Waals surface area contributed by atoms with Crippen molar-refractivity contribution in [2.75, 3.05) is 19.6 Å². The van der Waals surface area contributed by atoms with E-state index < -0.39 is 5.60 Å². The molecule has 1 aliphatic rings. The Balaban J connectivity index is 1.96. The fourth-order valence-electron chi connectivity index (χ4n) is 2.43. The molecule has 1 heterocycles. The molecule has 0 spiro atoms. The third kappa shape index (κ3) is 4.30. The molecule has 1 aromatic carbocycles. The molecule has 0 saturated carbocycles. The van der Waals surface area contributed by atoms with Gasteiger partial charge in [-0.15, -0.1) is 0 Å². The molecule has 0 amide bonds. The summed E-state index contributed by atoms with van der Waals surface area (Å²) >= 11 is 5.90. The molecule has 104 valence electrons. The van der Waals surface area contributed by atoms with E-state index in [2.05, 4.69) is 4.90 Å². The first kappa shape index (κ1) is 14.5. The highest BCUT2D eigenvalue weighted by Crippen LogP contribution is 2.21. The van der Waals surface area contributed by atoms with E-state index in [1.54, 1.807) is 24.3 Å². The predicted octanol–water partition coefficient (Wildman–Crippen LogP) is 2.76. The Morgan fingerprint density at radius 1 is 1.42 bits per heavy atom. The van der Waals surface area contributed by atoms with Crippen LogP contribution in [0.5, 0.6) is 0 Å². The lowest BCUT2D eigenvalue weighted by atomic mass is 9.98. The van der Waals surface area contributed by atoms with Gasteiger partial charge in [0.15, 0.2) is 5.78 Å². The van der Waals surface area contributed by atoms with E-state index in [9.17, 15) is 9.90 Å². The van der Waals surface area contributed by atoms with Gasteiger partial charge in [0.2, 0.25) is 0 Å². The number of nitrogens with zero attached hydrogens (tertiary/aromatic N) is 1. The molecule has 2 rings (SSSR count). The van der Waals surface area contributed by atoms with Gasteiger partial charge in [-0.2, -0.15) is 0 Å². The quantitative estimate of drug-likeness (QED) is 0.866. The first-order chi connectivity index (χ1) is 8.96. The van der Waals surface area contributed by atoms with Crippen LogP contribution in [-0.4, -0.2) is 41.0 Å². The van der Waals surface area contributed by atoms with Crippen LogP contribution in [0.25, 0.3) is 0 Å². The van der Waals surface area contributed by atoms with Crippen LogP contribution in [0.3, 0.4) is 0 Å². The number of rotatable bonds is 3. The highest BCUT2D eigenvalue weighted by molar-refractivity contribution is 6.31. The van der Waals surface area contributed by atoms with Crippen LogP contribution in [0.1, 0.15) is 36.5 Å². The monoisotopic (exact) mass is 281 g/mol. The van der Waals surface area contributed by atoms with Crippen molar-refractivity contribution in [3.63, 3.8) is 0 Å². The van der Waals surface area contributed by atoms with Crippen LogP contribution in [0.15, 0.2) is 24.3 Å². The van der Waals surface area contributed by atoms with Crippen molar-refractivity contribution in [2.24, 2.45) is 0 Å². The zero-order valence-electron chi connectivity index (χ0n) is 11.2. The number of hydrogen-bond acceptors (Lipinski definition) is 3. The molecule has 1 fully saturated rings. The summed E-state index contributed by atoms with van der Waals surface area (Å²) in [5.41, 5.74) is 0.0666. The van der Waals surface area contributed by atoms with Gasteiger partial charge in [-0.3, -0.25) is 9.69 Å². The van der Waals surface area contributed by atoms with Crippen molar-refractivity contribution < 1.29 is 9.90 Å². The highest BCUT2D eigenvalue weighted by Gasteiger charge is 2.25. The number of likely N-dealkylation sites (tertiary alicyclic amines) is 1. The summed E-state index contributed by atoms with van der Waals surface area (Å²) in [5, 5.41) is 10.6. The molecule has 19 heavy (non-hydrogen) atoms. The van der Waals surface area contributed by atoms with Crippen molar-refractivity contribution in [3.05, 3.63) is 34.9 Å². The van der Waals surface area contributed by atoms with Crippen molar-refractivity contribution in [2.45, 2.75) is 31.8 Å². The van der Waals surface area contributed by atoms with Crippen LogP contribution in [0, 0.1) is 0 Å². The number of Topliss-reactive ketones (excluding diaryl/α,β-unsaturated/α-hetero) is 1. The molecular weight excluding hydrogens is 262 g/mol. The van der Waals surface area contributed by atoms with Gasteiger partial charge in [0.05, 0.1) is 12.1 Å². The van der Waals surface area contributed by atoms with Gasteiger partial charge < -0.3 is 5.11 Å². The van der Waals surface area contributed by atoms with Gasteiger partial charge in [0, 0.05) is 17.1 Å². The summed E-state index contributed by atoms with van der Waals surface area (Å²) in [7, 11) is 0. The SMILES string of the molecule is CC1(O)CCCN(CC(=O)c2cccc(Cl)c2)CC1. The maximum atomic E-state index is 12.2. The molecule has 0 radical (unpaired) electrons. The number of aliphatic hydroxyl groups is 1. The van der Waals surface area contributed by atoms with Gasteiger partial charge in [-0.1, -0.05) is 23.7 Å². The molecule has 0 aromatic heterocycles. The minimum Gasteiger partial charge on any atom is -0.390 e.